The van der Waals surface area contributed by atoms with Crippen molar-refractivity contribution >= 4 is 27.9 Å². The van der Waals surface area contributed by atoms with E-state index in [1.54, 1.807) is 6.33 Å². The number of nitrogens with zero attached hydrogens (tertiary/aromatic N) is 4. The van der Waals surface area contributed by atoms with Crippen LogP contribution in [0.25, 0.3) is 0 Å². The predicted molar refractivity (Wildman–Crippen MR) is 77.8 cm³/mol. The summed E-state index contributed by atoms with van der Waals surface area (Å²) >= 11 is 1.42. The predicted octanol–water partition coefficient (Wildman–Crippen LogP) is 0.692. The van der Waals surface area contributed by atoms with Crippen LogP contribution in [0.5, 0.6) is 0 Å². The van der Waals surface area contributed by atoms with E-state index in [0.717, 1.165) is 23.9 Å². The van der Waals surface area contributed by atoms with Crippen LogP contribution in [0.4, 0.5) is 10.7 Å². The van der Waals surface area contributed by atoms with Gasteiger partial charge in [-0.05, 0) is 13.0 Å². The van der Waals surface area contributed by atoms with Crippen LogP contribution >= 0.6 is 11.3 Å². The fourth-order valence-corrected chi connectivity index (χ4v) is 3.24. The van der Waals surface area contributed by atoms with Crippen molar-refractivity contribution in [3.63, 3.8) is 0 Å². The Labute approximate surface area is 120 Å². The first kappa shape index (κ1) is 12.9. The van der Waals surface area contributed by atoms with E-state index in [2.05, 4.69) is 20.4 Å². The fourth-order valence-electron chi connectivity index (χ4n) is 2.22. The standard InChI is InChI=1S/C12H16N6OS/c1-2-14-12(19)11-8(13)5-10(20-11)17-3-4-18-7-15-16-9(18)6-17/h5,7H,2-4,6,13H2,1H3,(H,14,19). The Hall–Kier alpha value is -2.09. The van der Waals surface area contributed by atoms with Crippen LogP contribution < -0.4 is 16.0 Å². The van der Waals surface area contributed by atoms with Crippen LogP contribution in [0.2, 0.25) is 0 Å². The number of amides is 1. The van der Waals surface area contributed by atoms with Crippen molar-refractivity contribution in [2.45, 2.75) is 20.0 Å². The summed E-state index contributed by atoms with van der Waals surface area (Å²) in [5, 5.41) is 11.8. The van der Waals surface area contributed by atoms with Gasteiger partial charge in [-0.1, -0.05) is 0 Å². The number of nitrogens with one attached hydrogen (secondary N) is 1. The number of hydrogen-bond donors (Lipinski definition) is 2. The van der Waals surface area contributed by atoms with Gasteiger partial charge in [-0.2, -0.15) is 0 Å². The molecule has 0 bridgehead atoms. The summed E-state index contributed by atoms with van der Waals surface area (Å²) in [4.78, 5) is 14.6. The van der Waals surface area contributed by atoms with E-state index in [4.69, 9.17) is 5.73 Å². The second-order valence-corrected chi connectivity index (χ2v) is 5.62. The van der Waals surface area contributed by atoms with E-state index in [1.807, 2.05) is 17.6 Å². The molecule has 0 atom stereocenters. The smallest absolute Gasteiger partial charge is 0.263 e. The molecule has 0 aliphatic carbocycles. The summed E-state index contributed by atoms with van der Waals surface area (Å²) in [6.45, 7) is 4.88. The summed E-state index contributed by atoms with van der Waals surface area (Å²) < 4.78 is 2.04. The third kappa shape index (κ3) is 2.22. The molecule has 0 fully saturated rings. The highest BCUT2D eigenvalue weighted by Gasteiger charge is 2.22. The second kappa shape index (κ2) is 5.12. The van der Waals surface area contributed by atoms with Crippen molar-refractivity contribution in [2.75, 3.05) is 23.7 Å². The number of carbonyl (C=O) groups excluding carboxylic acids is 1. The molecule has 8 heteroatoms. The van der Waals surface area contributed by atoms with Gasteiger partial charge in [0.15, 0.2) is 5.82 Å². The average molecular weight is 292 g/mol. The summed E-state index contributed by atoms with van der Waals surface area (Å²) in [7, 11) is 0. The molecule has 1 aliphatic heterocycles. The van der Waals surface area contributed by atoms with Gasteiger partial charge in [-0.25, -0.2) is 0 Å². The van der Waals surface area contributed by atoms with Gasteiger partial charge in [0.05, 0.1) is 17.2 Å². The molecule has 1 aliphatic rings. The number of carbonyl (C=O) groups is 1. The van der Waals surface area contributed by atoms with Gasteiger partial charge < -0.3 is 20.5 Å². The lowest BCUT2D eigenvalue weighted by Gasteiger charge is -2.27. The summed E-state index contributed by atoms with van der Waals surface area (Å²) in [5.74, 6) is 0.823. The van der Waals surface area contributed by atoms with Gasteiger partial charge in [0, 0.05) is 19.6 Å². The lowest BCUT2D eigenvalue weighted by atomic mass is 10.3. The highest BCUT2D eigenvalue weighted by molar-refractivity contribution is 7.18. The number of thiophene rings is 1. The molecule has 0 saturated heterocycles. The summed E-state index contributed by atoms with van der Waals surface area (Å²) in [5.41, 5.74) is 6.47. The zero-order valence-electron chi connectivity index (χ0n) is 11.2. The van der Waals surface area contributed by atoms with Crippen molar-refractivity contribution in [3.8, 4) is 0 Å². The van der Waals surface area contributed by atoms with E-state index < -0.39 is 0 Å². The SMILES string of the molecule is CCNC(=O)c1sc(N2CCn3cnnc3C2)cc1N. The summed E-state index contributed by atoms with van der Waals surface area (Å²) in [6, 6.07) is 1.86. The minimum Gasteiger partial charge on any atom is -0.397 e. The monoisotopic (exact) mass is 292 g/mol. The second-order valence-electron chi connectivity index (χ2n) is 4.59. The highest BCUT2D eigenvalue weighted by Crippen LogP contribution is 2.33. The molecule has 2 aromatic heterocycles. The maximum absolute atomic E-state index is 11.9. The zero-order valence-corrected chi connectivity index (χ0v) is 12.0. The van der Waals surface area contributed by atoms with Crippen molar-refractivity contribution in [1.29, 1.82) is 0 Å². The number of aromatic nitrogens is 3. The third-order valence-corrected chi connectivity index (χ3v) is 4.45. The van der Waals surface area contributed by atoms with Crippen LogP contribution in [0.1, 0.15) is 22.4 Å². The number of hydrogen-bond acceptors (Lipinski definition) is 6. The number of fused-ring (bicyclic) bond motifs is 1. The Balaban J connectivity index is 1.82. The van der Waals surface area contributed by atoms with Crippen LogP contribution in [-0.2, 0) is 13.1 Å². The normalized spacial score (nSPS) is 14.2. The molecule has 3 N–H and O–H groups in total. The quantitative estimate of drug-likeness (QED) is 0.869. The minimum absolute atomic E-state index is 0.110. The van der Waals surface area contributed by atoms with Gasteiger partial charge >= 0.3 is 0 Å². The molecule has 1 amide bonds. The molecule has 0 unspecified atom stereocenters. The van der Waals surface area contributed by atoms with Crippen molar-refractivity contribution in [1.82, 2.24) is 20.1 Å². The molecule has 0 spiro atoms. The van der Waals surface area contributed by atoms with Crippen molar-refractivity contribution in [2.24, 2.45) is 0 Å². The zero-order chi connectivity index (χ0) is 14.1. The largest absolute Gasteiger partial charge is 0.397 e. The van der Waals surface area contributed by atoms with Crippen LogP contribution in [0.15, 0.2) is 12.4 Å². The molecule has 0 saturated carbocycles. The maximum Gasteiger partial charge on any atom is 0.263 e. The lowest BCUT2D eigenvalue weighted by molar-refractivity contribution is 0.0960. The molecule has 2 aromatic rings. The Morgan fingerprint density at radius 3 is 3.20 bits per heavy atom. The molecule has 106 valence electrons. The van der Waals surface area contributed by atoms with Crippen molar-refractivity contribution in [3.05, 3.63) is 23.1 Å². The number of rotatable bonds is 3. The first-order valence-electron chi connectivity index (χ1n) is 6.48. The Kier molecular flexibility index (Phi) is 3.31. The van der Waals surface area contributed by atoms with Crippen LogP contribution in [0.3, 0.4) is 0 Å². The highest BCUT2D eigenvalue weighted by atomic mass is 32.1. The van der Waals surface area contributed by atoms with E-state index >= 15 is 0 Å². The number of nitrogens with two attached hydrogens (primary N) is 1. The Bertz CT molecular complexity index is 634. The molecule has 3 rings (SSSR count). The molecular formula is C12H16N6OS. The third-order valence-electron chi connectivity index (χ3n) is 3.24. The van der Waals surface area contributed by atoms with E-state index in [0.29, 0.717) is 23.7 Å². The fraction of sp³-hybridized carbons (Fsp3) is 0.417. The lowest BCUT2D eigenvalue weighted by Crippen LogP contribution is -2.33. The Morgan fingerprint density at radius 1 is 1.55 bits per heavy atom. The summed E-state index contributed by atoms with van der Waals surface area (Å²) in [6.07, 6.45) is 1.75. The van der Waals surface area contributed by atoms with E-state index in [9.17, 15) is 4.79 Å². The average Bonchev–Trinajstić information content (AvgIpc) is 3.04. The first-order valence-corrected chi connectivity index (χ1v) is 7.30. The molecule has 0 aromatic carbocycles. The topological polar surface area (TPSA) is 89.1 Å². The van der Waals surface area contributed by atoms with Gasteiger partial charge in [0.25, 0.3) is 5.91 Å². The molecule has 20 heavy (non-hydrogen) atoms. The molecular weight excluding hydrogens is 276 g/mol. The van der Waals surface area contributed by atoms with Gasteiger partial charge in [0.1, 0.15) is 11.2 Å². The van der Waals surface area contributed by atoms with Gasteiger partial charge in [0.2, 0.25) is 0 Å². The number of nitrogen functional groups attached to an aromatic ring is 1. The van der Waals surface area contributed by atoms with E-state index in [1.165, 1.54) is 11.3 Å². The van der Waals surface area contributed by atoms with Gasteiger partial charge in [-0.3, -0.25) is 4.79 Å². The van der Waals surface area contributed by atoms with E-state index in [-0.39, 0.29) is 5.91 Å². The maximum atomic E-state index is 11.9. The van der Waals surface area contributed by atoms with Gasteiger partial charge in [-0.15, -0.1) is 21.5 Å². The first-order chi connectivity index (χ1) is 9.69. The number of anilines is 2. The molecule has 3 heterocycles. The molecule has 7 nitrogen and oxygen atoms in total. The minimum atomic E-state index is -0.110. The van der Waals surface area contributed by atoms with Crippen LogP contribution in [-0.4, -0.2) is 33.8 Å². The Morgan fingerprint density at radius 2 is 2.40 bits per heavy atom. The molecule has 0 radical (unpaired) electrons. The van der Waals surface area contributed by atoms with Crippen molar-refractivity contribution < 1.29 is 4.79 Å². The van der Waals surface area contributed by atoms with Crippen LogP contribution in [0, 0.1) is 0 Å².